The van der Waals surface area contributed by atoms with Crippen molar-refractivity contribution in [1.82, 2.24) is 0 Å². The zero-order valence-corrected chi connectivity index (χ0v) is 9.80. The van der Waals surface area contributed by atoms with Crippen LogP contribution in [-0.4, -0.2) is 6.04 Å². The van der Waals surface area contributed by atoms with E-state index in [1.54, 1.807) is 0 Å². The lowest BCUT2D eigenvalue weighted by Gasteiger charge is -2.22. The minimum absolute atomic E-state index is 0.484. The van der Waals surface area contributed by atoms with Crippen molar-refractivity contribution in [2.24, 2.45) is 11.7 Å². The second-order valence-corrected chi connectivity index (χ2v) is 4.88. The van der Waals surface area contributed by atoms with Crippen LogP contribution in [0, 0.1) is 5.92 Å². The molecule has 1 aliphatic rings. The van der Waals surface area contributed by atoms with Gasteiger partial charge in [-0.3, -0.25) is 0 Å². The number of hydrogen-bond donors (Lipinski definition) is 1. The van der Waals surface area contributed by atoms with E-state index < -0.39 is 0 Å². The van der Waals surface area contributed by atoms with Crippen LogP contribution in [0.5, 0.6) is 0 Å². The van der Waals surface area contributed by atoms with Gasteiger partial charge in [-0.05, 0) is 18.8 Å². The minimum atomic E-state index is 0.484. The molecule has 1 saturated carbocycles. The summed E-state index contributed by atoms with van der Waals surface area (Å²) in [6.07, 6.45) is 13.9. The Morgan fingerprint density at radius 3 is 1.93 bits per heavy atom. The third-order valence-corrected chi connectivity index (χ3v) is 3.74. The van der Waals surface area contributed by atoms with Crippen LogP contribution in [-0.2, 0) is 0 Å². The first-order valence-electron chi connectivity index (χ1n) is 6.60. The second kappa shape index (κ2) is 7.28. The highest BCUT2D eigenvalue weighted by Gasteiger charge is 2.15. The maximum Gasteiger partial charge on any atom is 0.00670 e. The summed E-state index contributed by atoms with van der Waals surface area (Å²) in [5.74, 6) is 0.799. The van der Waals surface area contributed by atoms with Gasteiger partial charge in [-0.2, -0.15) is 0 Å². The Kier molecular flexibility index (Phi) is 6.25. The van der Waals surface area contributed by atoms with Crippen molar-refractivity contribution in [3.8, 4) is 0 Å². The quantitative estimate of drug-likeness (QED) is 0.678. The van der Waals surface area contributed by atoms with E-state index in [4.69, 9.17) is 5.73 Å². The SMILES string of the molecule is CCC1CCCCCCCCCC1N. The molecule has 0 aromatic heterocycles. The van der Waals surface area contributed by atoms with E-state index >= 15 is 0 Å². The first kappa shape index (κ1) is 12.0. The second-order valence-electron chi connectivity index (χ2n) is 4.88. The van der Waals surface area contributed by atoms with Crippen LogP contribution >= 0.6 is 0 Å². The standard InChI is InChI=1S/C13H27N/c1-2-12-10-8-6-4-3-5-7-9-11-13(12)14/h12-13H,2-11,14H2,1H3. The van der Waals surface area contributed by atoms with Gasteiger partial charge in [0, 0.05) is 6.04 Å². The average molecular weight is 197 g/mol. The lowest BCUT2D eigenvalue weighted by atomic mass is 9.89. The fourth-order valence-corrected chi connectivity index (χ4v) is 2.63. The summed E-state index contributed by atoms with van der Waals surface area (Å²) in [5.41, 5.74) is 6.23. The van der Waals surface area contributed by atoms with Crippen molar-refractivity contribution in [3.63, 3.8) is 0 Å². The number of nitrogens with two attached hydrogens (primary N) is 1. The normalized spacial score (nSPS) is 32.1. The molecule has 2 unspecified atom stereocenters. The first-order chi connectivity index (χ1) is 6.84. The molecule has 0 aliphatic heterocycles. The van der Waals surface area contributed by atoms with Crippen LogP contribution in [0.2, 0.25) is 0 Å². The maximum atomic E-state index is 6.23. The Morgan fingerprint density at radius 1 is 0.857 bits per heavy atom. The molecule has 0 radical (unpaired) electrons. The van der Waals surface area contributed by atoms with Gasteiger partial charge in [0.05, 0.1) is 0 Å². The minimum Gasteiger partial charge on any atom is -0.327 e. The van der Waals surface area contributed by atoms with Crippen molar-refractivity contribution in [2.45, 2.75) is 77.2 Å². The highest BCUT2D eigenvalue weighted by molar-refractivity contribution is 4.72. The predicted octanol–water partition coefficient (Wildman–Crippen LogP) is 3.86. The average Bonchev–Trinajstić information content (AvgIpc) is 2.24. The predicted molar refractivity (Wildman–Crippen MR) is 63.3 cm³/mol. The molecule has 1 heteroatoms. The van der Waals surface area contributed by atoms with Gasteiger partial charge in [0.1, 0.15) is 0 Å². The molecule has 0 heterocycles. The fraction of sp³-hybridized carbons (Fsp3) is 1.00. The molecule has 0 aromatic rings. The fourth-order valence-electron chi connectivity index (χ4n) is 2.63. The molecular formula is C13H27N. The summed E-state index contributed by atoms with van der Waals surface area (Å²) in [5, 5.41) is 0. The van der Waals surface area contributed by atoms with Crippen molar-refractivity contribution in [3.05, 3.63) is 0 Å². The zero-order chi connectivity index (χ0) is 10.2. The van der Waals surface area contributed by atoms with Crippen LogP contribution in [0.25, 0.3) is 0 Å². The van der Waals surface area contributed by atoms with Crippen molar-refractivity contribution in [1.29, 1.82) is 0 Å². The third kappa shape index (κ3) is 4.45. The number of hydrogen-bond acceptors (Lipinski definition) is 1. The Balaban J connectivity index is 2.33. The summed E-state index contributed by atoms with van der Waals surface area (Å²) >= 11 is 0. The van der Waals surface area contributed by atoms with Crippen molar-refractivity contribution >= 4 is 0 Å². The molecule has 1 fully saturated rings. The molecule has 2 atom stereocenters. The van der Waals surface area contributed by atoms with Crippen LogP contribution in [0.4, 0.5) is 0 Å². The molecule has 0 amide bonds. The first-order valence-corrected chi connectivity index (χ1v) is 6.60. The van der Waals surface area contributed by atoms with E-state index in [1.807, 2.05) is 0 Å². The number of rotatable bonds is 1. The van der Waals surface area contributed by atoms with Crippen LogP contribution in [0.3, 0.4) is 0 Å². The van der Waals surface area contributed by atoms with E-state index in [1.165, 1.54) is 64.2 Å². The summed E-state index contributed by atoms with van der Waals surface area (Å²) < 4.78 is 0. The molecule has 0 spiro atoms. The van der Waals surface area contributed by atoms with Gasteiger partial charge in [0.15, 0.2) is 0 Å². The third-order valence-electron chi connectivity index (χ3n) is 3.74. The van der Waals surface area contributed by atoms with Gasteiger partial charge in [-0.25, -0.2) is 0 Å². The molecule has 0 saturated heterocycles. The van der Waals surface area contributed by atoms with Gasteiger partial charge in [0.2, 0.25) is 0 Å². The maximum absolute atomic E-state index is 6.23. The lowest BCUT2D eigenvalue weighted by molar-refractivity contribution is 0.349. The van der Waals surface area contributed by atoms with E-state index in [-0.39, 0.29) is 0 Å². The Hall–Kier alpha value is -0.0400. The van der Waals surface area contributed by atoms with Gasteiger partial charge >= 0.3 is 0 Å². The molecule has 84 valence electrons. The van der Waals surface area contributed by atoms with Crippen molar-refractivity contribution < 1.29 is 0 Å². The van der Waals surface area contributed by atoms with E-state index in [0.717, 1.165) is 5.92 Å². The Labute approximate surface area is 89.5 Å². The summed E-state index contributed by atoms with van der Waals surface area (Å²) in [4.78, 5) is 0. The highest BCUT2D eigenvalue weighted by atomic mass is 14.6. The van der Waals surface area contributed by atoms with Crippen LogP contribution in [0.15, 0.2) is 0 Å². The van der Waals surface area contributed by atoms with Crippen LogP contribution in [0.1, 0.15) is 71.1 Å². The van der Waals surface area contributed by atoms with Crippen molar-refractivity contribution in [2.75, 3.05) is 0 Å². The largest absolute Gasteiger partial charge is 0.327 e. The Bertz CT molecular complexity index is 133. The van der Waals surface area contributed by atoms with Gasteiger partial charge in [-0.15, -0.1) is 0 Å². The molecule has 0 bridgehead atoms. The highest BCUT2D eigenvalue weighted by Crippen LogP contribution is 2.22. The monoisotopic (exact) mass is 197 g/mol. The molecule has 2 N–H and O–H groups in total. The zero-order valence-electron chi connectivity index (χ0n) is 9.80. The summed E-state index contributed by atoms with van der Waals surface area (Å²) in [6, 6.07) is 0.484. The Morgan fingerprint density at radius 2 is 1.36 bits per heavy atom. The van der Waals surface area contributed by atoms with Gasteiger partial charge in [0.25, 0.3) is 0 Å². The van der Waals surface area contributed by atoms with Crippen LogP contribution < -0.4 is 5.73 Å². The summed E-state index contributed by atoms with van der Waals surface area (Å²) in [7, 11) is 0. The van der Waals surface area contributed by atoms with E-state index in [9.17, 15) is 0 Å². The molecule has 1 rings (SSSR count). The molecule has 1 nitrogen and oxygen atoms in total. The topological polar surface area (TPSA) is 26.0 Å². The van der Waals surface area contributed by atoms with E-state index in [2.05, 4.69) is 6.92 Å². The van der Waals surface area contributed by atoms with Gasteiger partial charge < -0.3 is 5.73 Å². The summed E-state index contributed by atoms with van der Waals surface area (Å²) in [6.45, 7) is 2.30. The molecular weight excluding hydrogens is 170 g/mol. The van der Waals surface area contributed by atoms with Gasteiger partial charge in [-0.1, -0.05) is 58.3 Å². The van der Waals surface area contributed by atoms with E-state index in [0.29, 0.717) is 6.04 Å². The smallest absolute Gasteiger partial charge is 0.00670 e. The lowest BCUT2D eigenvalue weighted by Crippen LogP contribution is -2.29. The molecule has 0 aromatic carbocycles. The molecule has 14 heavy (non-hydrogen) atoms. The molecule has 1 aliphatic carbocycles.